The maximum atomic E-state index is 12.3. The van der Waals surface area contributed by atoms with Gasteiger partial charge in [0.15, 0.2) is 6.04 Å². The first kappa shape index (κ1) is 16.8. The van der Waals surface area contributed by atoms with Gasteiger partial charge in [0, 0.05) is 7.11 Å². The monoisotopic (exact) mass is 350 g/mol. The third-order valence-electron chi connectivity index (χ3n) is 4.37. The molecule has 0 spiro atoms. The van der Waals surface area contributed by atoms with E-state index in [0.29, 0.717) is 0 Å². The molecule has 2 heterocycles. The molecule has 0 bridgehead atoms. The second-order valence-corrected chi connectivity index (χ2v) is 7.45. The average Bonchev–Trinajstić information content (AvgIpc) is 2.84. The highest BCUT2D eigenvalue weighted by Crippen LogP contribution is 2.51. The number of thioether (sulfide) groups is 1. The fourth-order valence-corrected chi connectivity index (χ4v) is 4.66. The molecule has 3 rings (SSSR count). The quantitative estimate of drug-likeness (QED) is 0.749. The van der Waals surface area contributed by atoms with Crippen molar-refractivity contribution in [2.75, 3.05) is 7.11 Å². The van der Waals surface area contributed by atoms with Crippen LogP contribution in [0.3, 0.4) is 0 Å². The van der Waals surface area contributed by atoms with Crippen LogP contribution in [-0.2, 0) is 25.5 Å². The molecule has 7 nitrogen and oxygen atoms in total. The molecule has 2 saturated heterocycles. The summed E-state index contributed by atoms with van der Waals surface area (Å²) in [5, 5.41) is 11.7. The van der Waals surface area contributed by atoms with Crippen molar-refractivity contribution in [3.05, 3.63) is 35.9 Å². The summed E-state index contributed by atoms with van der Waals surface area (Å²) in [6.45, 7) is 1.64. The number of nitrogens with one attached hydrogen (secondary N) is 1. The van der Waals surface area contributed by atoms with Gasteiger partial charge in [-0.2, -0.15) is 0 Å². The third-order valence-corrected chi connectivity index (χ3v) is 5.97. The normalized spacial score (nSPS) is 31.3. The van der Waals surface area contributed by atoms with Crippen molar-refractivity contribution in [1.82, 2.24) is 10.2 Å². The van der Waals surface area contributed by atoms with Gasteiger partial charge in [0.1, 0.15) is 16.3 Å². The Bertz CT molecular complexity index is 682. The molecule has 1 aromatic rings. The number of hydrogen-bond donors (Lipinski definition) is 2. The molecule has 2 fully saturated rings. The van der Waals surface area contributed by atoms with E-state index in [1.807, 2.05) is 30.3 Å². The lowest BCUT2D eigenvalue weighted by molar-refractivity contribution is -0.166. The van der Waals surface area contributed by atoms with Gasteiger partial charge in [-0.05, 0) is 12.5 Å². The van der Waals surface area contributed by atoms with Gasteiger partial charge in [-0.3, -0.25) is 9.59 Å². The molecule has 0 aliphatic carbocycles. The van der Waals surface area contributed by atoms with Crippen LogP contribution in [0.5, 0.6) is 0 Å². The van der Waals surface area contributed by atoms with Gasteiger partial charge < -0.3 is 20.1 Å². The Balaban J connectivity index is 1.69. The van der Waals surface area contributed by atoms with Crippen LogP contribution in [0.25, 0.3) is 0 Å². The molecule has 2 amide bonds. The molecular weight excluding hydrogens is 332 g/mol. The number of carboxylic acids is 1. The number of carbonyl (C=O) groups is 3. The molecule has 0 radical (unpaired) electrons. The fourth-order valence-electron chi connectivity index (χ4n) is 3.08. The highest BCUT2D eigenvalue weighted by molar-refractivity contribution is 8.01. The summed E-state index contributed by atoms with van der Waals surface area (Å²) in [6.07, 6.45) is 0.173. The molecule has 0 aromatic heterocycles. The van der Waals surface area contributed by atoms with Crippen LogP contribution in [-0.4, -0.2) is 57.3 Å². The maximum Gasteiger partial charge on any atom is 0.330 e. The van der Waals surface area contributed by atoms with Crippen molar-refractivity contribution in [3.8, 4) is 0 Å². The number of carbonyl (C=O) groups excluding carboxylic acids is 2. The number of benzene rings is 1. The number of methoxy groups -OCH3 is 1. The second-order valence-electron chi connectivity index (χ2n) is 5.92. The summed E-state index contributed by atoms with van der Waals surface area (Å²) < 4.78 is 5.33. The van der Waals surface area contributed by atoms with Crippen LogP contribution in [0.4, 0.5) is 0 Å². The van der Waals surface area contributed by atoms with Crippen LogP contribution in [0.2, 0.25) is 0 Å². The predicted molar refractivity (Wildman–Crippen MR) is 87.1 cm³/mol. The summed E-state index contributed by atoms with van der Waals surface area (Å²) in [5.74, 6) is -1.77. The standard InChI is InChI=1S/C16H18N2O5S/c1-16(23-2)12(15(21)22)18-13(20)11(14(18)24-16)17-10(19)8-9-6-4-3-5-7-9/h3-7,11-12,14H,8H2,1-2H3,(H,17,19)(H,21,22)/t11?,12?,14?,16-/m0/s1. The van der Waals surface area contributed by atoms with E-state index in [0.717, 1.165) is 5.56 Å². The van der Waals surface area contributed by atoms with Crippen molar-refractivity contribution in [1.29, 1.82) is 0 Å². The first-order valence-corrected chi connectivity index (χ1v) is 8.36. The molecule has 128 valence electrons. The zero-order valence-corrected chi connectivity index (χ0v) is 14.1. The number of ether oxygens (including phenoxy) is 1. The molecule has 8 heteroatoms. The Labute approximate surface area is 143 Å². The van der Waals surface area contributed by atoms with Crippen molar-refractivity contribution < 1.29 is 24.2 Å². The molecular formula is C16H18N2O5S. The summed E-state index contributed by atoms with van der Waals surface area (Å²) in [6, 6.07) is 7.43. The van der Waals surface area contributed by atoms with Gasteiger partial charge >= 0.3 is 5.97 Å². The first-order chi connectivity index (χ1) is 11.4. The summed E-state index contributed by atoms with van der Waals surface area (Å²) in [4.78, 5) is 36.2. The Morgan fingerprint density at radius 1 is 1.38 bits per heavy atom. The van der Waals surface area contributed by atoms with Crippen LogP contribution in [0, 0.1) is 0 Å². The average molecular weight is 350 g/mol. The van der Waals surface area contributed by atoms with Crippen molar-refractivity contribution >= 4 is 29.5 Å². The predicted octanol–water partition coefficient (Wildman–Crippen LogP) is 0.445. The number of rotatable bonds is 5. The van der Waals surface area contributed by atoms with E-state index in [1.54, 1.807) is 6.92 Å². The topological polar surface area (TPSA) is 95.9 Å². The zero-order chi connectivity index (χ0) is 17.5. The lowest BCUT2D eigenvalue weighted by Crippen LogP contribution is -2.70. The smallest absolute Gasteiger partial charge is 0.330 e. The first-order valence-electron chi connectivity index (χ1n) is 7.48. The van der Waals surface area contributed by atoms with Gasteiger partial charge in [-0.1, -0.05) is 42.1 Å². The van der Waals surface area contributed by atoms with Crippen LogP contribution >= 0.6 is 11.8 Å². The van der Waals surface area contributed by atoms with E-state index >= 15 is 0 Å². The molecule has 1 aromatic carbocycles. The maximum absolute atomic E-state index is 12.3. The molecule has 3 unspecified atom stereocenters. The van der Waals surface area contributed by atoms with E-state index in [9.17, 15) is 19.5 Å². The van der Waals surface area contributed by atoms with Gasteiger partial charge in [0.2, 0.25) is 11.8 Å². The molecule has 24 heavy (non-hydrogen) atoms. The Morgan fingerprint density at radius 2 is 2.04 bits per heavy atom. The van der Waals surface area contributed by atoms with Crippen molar-refractivity contribution in [3.63, 3.8) is 0 Å². The Kier molecular flexibility index (Phi) is 4.27. The molecule has 2 aliphatic rings. The number of aliphatic carboxylic acids is 1. The minimum Gasteiger partial charge on any atom is -0.480 e. The summed E-state index contributed by atoms with van der Waals surface area (Å²) in [5.41, 5.74) is 0.850. The Morgan fingerprint density at radius 3 is 2.62 bits per heavy atom. The summed E-state index contributed by atoms with van der Waals surface area (Å²) >= 11 is 1.25. The van der Waals surface area contributed by atoms with E-state index < -0.39 is 28.4 Å². The Hall–Kier alpha value is -2.06. The van der Waals surface area contributed by atoms with Crippen molar-refractivity contribution in [2.45, 2.75) is 35.7 Å². The van der Waals surface area contributed by atoms with Crippen LogP contribution in [0.1, 0.15) is 12.5 Å². The minimum atomic E-state index is -1.11. The van der Waals surface area contributed by atoms with Gasteiger partial charge in [0.05, 0.1) is 6.42 Å². The number of carboxylic acid groups (broad SMARTS) is 1. The number of β-lactam (4-membered cyclic amide) rings is 1. The molecule has 0 saturated carbocycles. The van der Waals surface area contributed by atoms with Gasteiger partial charge in [-0.15, -0.1) is 0 Å². The largest absolute Gasteiger partial charge is 0.480 e. The number of amides is 2. The number of hydrogen-bond acceptors (Lipinski definition) is 5. The van der Waals surface area contributed by atoms with E-state index in [1.165, 1.54) is 23.8 Å². The van der Waals surface area contributed by atoms with E-state index in [-0.39, 0.29) is 18.2 Å². The van der Waals surface area contributed by atoms with Gasteiger partial charge in [0.25, 0.3) is 0 Å². The third kappa shape index (κ3) is 2.65. The van der Waals surface area contributed by atoms with E-state index in [4.69, 9.17) is 4.74 Å². The SMILES string of the molecule is CO[C@@]1(C)SC2C(NC(=O)Cc3ccccc3)C(=O)N2C1C(=O)O. The molecule has 2 N–H and O–H groups in total. The highest BCUT2D eigenvalue weighted by Gasteiger charge is 2.66. The van der Waals surface area contributed by atoms with E-state index in [2.05, 4.69) is 5.32 Å². The molecule has 4 atom stereocenters. The van der Waals surface area contributed by atoms with Crippen LogP contribution < -0.4 is 5.32 Å². The number of fused-ring (bicyclic) bond motifs is 1. The van der Waals surface area contributed by atoms with Gasteiger partial charge in [-0.25, -0.2) is 4.79 Å². The molecule has 2 aliphatic heterocycles. The minimum absolute atomic E-state index is 0.173. The fraction of sp³-hybridized carbons (Fsp3) is 0.438. The lowest BCUT2D eigenvalue weighted by Gasteiger charge is -2.43. The highest BCUT2D eigenvalue weighted by atomic mass is 32.2. The van der Waals surface area contributed by atoms with Crippen molar-refractivity contribution in [2.24, 2.45) is 0 Å². The lowest BCUT2D eigenvalue weighted by atomic mass is 10.0. The van der Waals surface area contributed by atoms with Crippen LogP contribution in [0.15, 0.2) is 30.3 Å². The zero-order valence-electron chi connectivity index (χ0n) is 13.3. The summed E-state index contributed by atoms with van der Waals surface area (Å²) in [7, 11) is 1.42. The number of nitrogens with zero attached hydrogens (tertiary/aromatic N) is 1. The second kappa shape index (κ2) is 6.10.